The van der Waals surface area contributed by atoms with Crippen LogP contribution < -0.4 is 18.9 Å². The number of carbonyl (C=O) groups is 1. The van der Waals surface area contributed by atoms with Crippen LogP contribution in [-0.2, 0) is 0 Å². The third kappa shape index (κ3) is 2.39. The van der Waals surface area contributed by atoms with Crippen LogP contribution in [0.3, 0.4) is 0 Å². The van der Waals surface area contributed by atoms with Crippen molar-refractivity contribution in [2.75, 3.05) is 28.4 Å². The van der Waals surface area contributed by atoms with E-state index in [2.05, 4.69) is 0 Å². The highest BCUT2D eigenvalue weighted by Crippen LogP contribution is 2.46. The minimum atomic E-state index is -0.666. The fraction of sp³-hybridized carbons (Fsp3) is 0.364. The third-order valence-corrected chi connectivity index (χ3v) is 2.40. The number of benzene rings is 1. The Morgan fingerprint density at radius 3 is 1.82 bits per heavy atom. The van der Waals surface area contributed by atoms with Crippen LogP contribution in [0.5, 0.6) is 23.0 Å². The summed E-state index contributed by atoms with van der Waals surface area (Å²) in [6, 6.07) is 1.44. The van der Waals surface area contributed by atoms with Gasteiger partial charge in [-0.15, -0.1) is 0 Å². The standard InChI is InChI=1S/C11H13ClO5/c1-14-7-5-6(11(12)13)8(15-2)10(17-4)9(7)16-3/h5H,1-4H3. The summed E-state index contributed by atoms with van der Waals surface area (Å²) in [7, 11) is 5.75. The molecule has 0 aromatic heterocycles. The normalized spacial score (nSPS) is 9.71. The lowest BCUT2D eigenvalue weighted by Crippen LogP contribution is -2.03. The van der Waals surface area contributed by atoms with Gasteiger partial charge in [0.1, 0.15) is 0 Å². The van der Waals surface area contributed by atoms with E-state index < -0.39 is 5.24 Å². The van der Waals surface area contributed by atoms with Gasteiger partial charge in [-0.1, -0.05) is 0 Å². The second-order valence-corrected chi connectivity index (χ2v) is 3.34. The molecule has 0 heterocycles. The second kappa shape index (κ2) is 5.63. The lowest BCUT2D eigenvalue weighted by atomic mass is 10.1. The zero-order chi connectivity index (χ0) is 13.0. The van der Waals surface area contributed by atoms with Crippen LogP contribution in [0, 0.1) is 0 Å². The monoisotopic (exact) mass is 260 g/mol. The molecule has 0 aliphatic carbocycles. The summed E-state index contributed by atoms with van der Waals surface area (Å²) in [5, 5.41) is -0.666. The Morgan fingerprint density at radius 2 is 1.47 bits per heavy atom. The van der Waals surface area contributed by atoms with Gasteiger partial charge in [0.15, 0.2) is 11.5 Å². The van der Waals surface area contributed by atoms with Crippen LogP contribution in [0.15, 0.2) is 6.07 Å². The van der Waals surface area contributed by atoms with Crippen molar-refractivity contribution in [3.63, 3.8) is 0 Å². The summed E-state index contributed by atoms with van der Waals surface area (Å²) >= 11 is 5.47. The molecule has 1 aromatic carbocycles. The summed E-state index contributed by atoms with van der Waals surface area (Å²) in [4.78, 5) is 11.3. The molecule has 0 unspecified atom stereocenters. The number of hydrogen-bond donors (Lipinski definition) is 0. The molecule has 1 aromatic rings. The van der Waals surface area contributed by atoms with E-state index >= 15 is 0 Å². The largest absolute Gasteiger partial charge is 0.493 e. The summed E-state index contributed by atoms with van der Waals surface area (Å²) in [6.07, 6.45) is 0. The van der Waals surface area contributed by atoms with Gasteiger partial charge in [-0.05, 0) is 11.6 Å². The molecule has 0 spiro atoms. The zero-order valence-electron chi connectivity index (χ0n) is 10.00. The summed E-state index contributed by atoms with van der Waals surface area (Å²) < 4.78 is 20.5. The predicted molar refractivity (Wildman–Crippen MR) is 62.8 cm³/mol. The Bertz CT molecular complexity index is 430. The van der Waals surface area contributed by atoms with E-state index in [9.17, 15) is 4.79 Å². The molecule has 17 heavy (non-hydrogen) atoms. The van der Waals surface area contributed by atoms with E-state index in [0.29, 0.717) is 11.5 Å². The van der Waals surface area contributed by atoms with E-state index in [1.165, 1.54) is 34.5 Å². The molecule has 0 saturated carbocycles. The van der Waals surface area contributed by atoms with E-state index in [4.69, 9.17) is 30.5 Å². The first-order valence-electron chi connectivity index (χ1n) is 4.67. The molecule has 0 fully saturated rings. The highest BCUT2D eigenvalue weighted by molar-refractivity contribution is 6.68. The highest BCUT2D eigenvalue weighted by atomic mass is 35.5. The maximum Gasteiger partial charge on any atom is 0.256 e. The fourth-order valence-corrected chi connectivity index (χ4v) is 1.62. The molecular weight excluding hydrogens is 248 g/mol. The third-order valence-electron chi connectivity index (χ3n) is 2.20. The van der Waals surface area contributed by atoms with Gasteiger partial charge in [0, 0.05) is 6.07 Å². The van der Waals surface area contributed by atoms with E-state index in [1.54, 1.807) is 0 Å². The van der Waals surface area contributed by atoms with Crippen molar-refractivity contribution in [1.29, 1.82) is 0 Å². The highest BCUT2D eigenvalue weighted by Gasteiger charge is 2.24. The Balaban J connectivity index is 3.60. The zero-order valence-corrected chi connectivity index (χ0v) is 10.8. The van der Waals surface area contributed by atoms with Gasteiger partial charge in [-0.3, -0.25) is 4.79 Å². The molecule has 0 aliphatic heterocycles. The van der Waals surface area contributed by atoms with Gasteiger partial charge < -0.3 is 18.9 Å². The molecule has 0 saturated heterocycles. The van der Waals surface area contributed by atoms with Crippen molar-refractivity contribution in [1.82, 2.24) is 0 Å². The lowest BCUT2D eigenvalue weighted by molar-refractivity contribution is 0.107. The first-order chi connectivity index (χ1) is 8.10. The molecular formula is C11H13ClO5. The van der Waals surface area contributed by atoms with Crippen LogP contribution in [-0.4, -0.2) is 33.7 Å². The summed E-state index contributed by atoms with van der Waals surface area (Å²) in [6.45, 7) is 0. The first-order valence-corrected chi connectivity index (χ1v) is 5.05. The molecule has 0 amide bonds. The Hall–Kier alpha value is -1.62. The van der Waals surface area contributed by atoms with Crippen LogP contribution >= 0.6 is 11.6 Å². The van der Waals surface area contributed by atoms with Gasteiger partial charge in [-0.2, -0.15) is 0 Å². The number of rotatable bonds is 5. The number of ether oxygens (including phenoxy) is 4. The topological polar surface area (TPSA) is 54.0 Å². The molecule has 0 atom stereocenters. The second-order valence-electron chi connectivity index (χ2n) is 3.00. The fourth-order valence-electron chi connectivity index (χ4n) is 1.48. The van der Waals surface area contributed by atoms with Gasteiger partial charge in [0.25, 0.3) is 5.24 Å². The SMILES string of the molecule is COc1cc(C(=O)Cl)c(OC)c(OC)c1OC. The van der Waals surface area contributed by atoms with Crippen LogP contribution in [0.1, 0.15) is 10.4 Å². The van der Waals surface area contributed by atoms with Crippen molar-refractivity contribution in [2.24, 2.45) is 0 Å². The predicted octanol–water partition coefficient (Wildman–Crippen LogP) is 2.10. The number of methoxy groups -OCH3 is 4. The van der Waals surface area contributed by atoms with Crippen molar-refractivity contribution >= 4 is 16.8 Å². The van der Waals surface area contributed by atoms with E-state index in [1.807, 2.05) is 0 Å². The number of hydrogen-bond acceptors (Lipinski definition) is 5. The van der Waals surface area contributed by atoms with Crippen LogP contribution in [0.4, 0.5) is 0 Å². The molecule has 0 radical (unpaired) electrons. The molecule has 0 aliphatic rings. The van der Waals surface area contributed by atoms with E-state index in [0.717, 1.165) is 0 Å². The molecule has 1 rings (SSSR count). The van der Waals surface area contributed by atoms with Crippen molar-refractivity contribution in [3.8, 4) is 23.0 Å². The lowest BCUT2D eigenvalue weighted by Gasteiger charge is -2.16. The smallest absolute Gasteiger partial charge is 0.256 e. The Kier molecular flexibility index (Phi) is 4.45. The van der Waals surface area contributed by atoms with Crippen molar-refractivity contribution < 1.29 is 23.7 Å². The minimum absolute atomic E-state index is 0.156. The van der Waals surface area contributed by atoms with E-state index in [-0.39, 0.29) is 17.1 Å². The number of halogens is 1. The quantitative estimate of drug-likeness (QED) is 0.759. The molecule has 0 bridgehead atoms. The van der Waals surface area contributed by atoms with Crippen molar-refractivity contribution in [3.05, 3.63) is 11.6 Å². The van der Waals surface area contributed by atoms with Gasteiger partial charge in [0.05, 0.1) is 34.0 Å². The van der Waals surface area contributed by atoms with Gasteiger partial charge >= 0.3 is 0 Å². The van der Waals surface area contributed by atoms with Crippen LogP contribution in [0.2, 0.25) is 0 Å². The summed E-state index contributed by atoms with van der Waals surface area (Å²) in [5.74, 6) is 1.16. The average Bonchev–Trinajstić information content (AvgIpc) is 2.35. The van der Waals surface area contributed by atoms with Gasteiger partial charge in [-0.25, -0.2) is 0 Å². The van der Waals surface area contributed by atoms with Crippen molar-refractivity contribution in [2.45, 2.75) is 0 Å². The maximum absolute atomic E-state index is 11.3. The Labute approximate surface area is 104 Å². The van der Waals surface area contributed by atoms with Crippen LogP contribution in [0.25, 0.3) is 0 Å². The number of carbonyl (C=O) groups excluding carboxylic acids is 1. The van der Waals surface area contributed by atoms with Gasteiger partial charge in [0.2, 0.25) is 11.5 Å². The molecule has 94 valence electrons. The first kappa shape index (κ1) is 13.4. The molecule has 0 N–H and O–H groups in total. The summed E-state index contributed by atoms with van der Waals surface area (Å²) in [5.41, 5.74) is 0.156. The molecule has 6 heteroatoms. The Morgan fingerprint density at radius 1 is 0.941 bits per heavy atom. The molecule has 5 nitrogen and oxygen atoms in total. The average molecular weight is 261 g/mol. The minimum Gasteiger partial charge on any atom is -0.493 e. The maximum atomic E-state index is 11.3.